The van der Waals surface area contributed by atoms with Gasteiger partial charge in [0.2, 0.25) is 6.29 Å². The van der Waals surface area contributed by atoms with Gasteiger partial charge in [-0.2, -0.15) is 13.2 Å². The van der Waals surface area contributed by atoms with Gasteiger partial charge in [-0.15, -0.1) is 0 Å². The average Bonchev–Trinajstić information content (AvgIpc) is 2.00. The Morgan fingerprint density at radius 3 is 2.50 bits per heavy atom. The van der Waals surface area contributed by atoms with Gasteiger partial charge in [-0.05, 0) is 13.8 Å². The maximum absolute atomic E-state index is 11.6. The van der Waals surface area contributed by atoms with Crippen LogP contribution in [0.5, 0.6) is 0 Å². The van der Waals surface area contributed by atoms with E-state index in [9.17, 15) is 18.0 Å². The normalized spacial score (nSPS) is 13.5. The molecule has 0 aromatic heterocycles. The van der Waals surface area contributed by atoms with Crippen LogP contribution in [-0.4, -0.2) is 25.2 Å². The van der Waals surface area contributed by atoms with Crippen LogP contribution in [0.3, 0.4) is 0 Å². The Bertz CT molecular complexity index is 180. The van der Waals surface area contributed by atoms with Crippen molar-refractivity contribution in [3.8, 4) is 0 Å². The van der Waals surface area contributed by atoms with Gasteiger partial charge < -0.3 is 14.2 Å². The first-order chi connectivity index (χ1) is 6.35. The minimum Gasteiger partial charge on any atom is -0.427 e. The number of carbonyl (C=O) groups is 1. The van der Waals surface area contributed by atoms with E-state index >= 15 is 0 Å². The minimum atomic E-state index is -4.45. The van der Waals surface area contributed by atoms with E-state index < -0.39 is 25.2 Å². The van der Waals surface area contributed by atoms with Gasteiger partial charge in [0, 0.05) is 0 Å². The van der Waals surface area contributed by atoms with Crippen molar-refractivity contribution in [3.63, 3.8) is 0 Å². The summed E-state index contributed by atoms with van der Waals surface area (Å²) in [7, 11) is 0. The zero-order valence-corrected chi connectivity index (χ0v) is 7.63. The summed E-state index contributed by atoms with van der Waals surface area (Å²) in [6, 6.07) is 0. The molecule has 1 radical (unpaired) electrons. The Labute approximate surface area is 78.9 Å². The lowest BCUT2D eigenvalue weighted by molar-refractivity contribution is -0.214. The van der Waals surface area contributed by atoms with Crippen molar-refractivity contribution in [3.05, 3.63) is 6.61 Å². The highest BCUT2D eigenvalue weighted by Gasteiger charge is 2.29. The summed E-state index contributed by atoms with van der Waals surface area (Å²) in [4.78, 5) is 10.5. The topological polar surface area (TPSA) is 44.8 Å². The molecule has 1 unspecified atom stereocenters. The number of ether oxygens (including phenoxy) is 3. The van der Waals surface area contributed by atoms with E-state index in [1.807, 2.05) is 0 Å². The molecule has 83 valence electrons. The number of rotatable bonds is 4. The molecule has 0 fully saturated rings. The number of halogens is 3. The summed E-state index contributed by atoms with van der Waals surface area (Å²) in [6.07, 6.45) is -6.86. The maximum Gasteiger partial charge on any atom is 0.510 e. The third-order valence-electron chi connectivity index (χ3n) is 0.958. The van der Waals surface area contributed by atoms with Crippen molar-refractivity contribution in [2.45, 2.75) is 26.3 Å². The molecule has 0 amide bonds. The zero-order valence-electron chi connectivity index (χ0n) is 7.63. The molecule has 14 heavy (non-hydrogen) atoms. The van der Waals surface area contributed by atoms with E-state index in [1.165, 1.54) is 6.92 Å². The van der Waals surface area contributed by atoms with Crippen LogP contribution in [0.4, 0.5) is 18.0 Å². The third kappa shape index (κ3) is 7.66. The van der Waals surface area contributed by atoms with E-state index in [1.54, 1.807) is 0 Å². The molecule has 0 aliphatic heterocycles. The standard InChI is InChI=1S/C7H10F3O4/c1-3-12-6(11)14-5(2)13-4-7(8,9)10/h3,5H,4H2,1-2H3. The van der Waals surface area contributed by atoms with Crippen molar-refractivity contribution in [2.75, 3.05) is 6.61 Å². The number of alkyl halides is 3. The molecule has 7 heteroatoms. The molecule has 0 bridgehead atoms. The van der Waals surface area contributed by atoms with Crippen LogP contribution in [0.25, 0.3) is 0 Å². The highest BCUT2D eigenvalue weighted by atomic mass is 19.4. The lowest BCUT2D eigenvalue weighted by Crippen LogP contribution is -2.25. The molecular weight excluding hydrogens is 205 g/mol. The van der Waals surface area contributed by atoms with Crippen molar-refractivity contribution in [1.29, 1.82) is 0 Å². The van der Waals surface area contributed by atoms with Gasteiger partial charge in [-0.3, -0.25) is 0 Å². The predicted octanol–water partition coefficient (Wildman–Crippen LogP) is 2.25. The highest BCUT2D eigenvalue weighted by molar-refractivity contribution is 5.60. The summed E-state index contributed by atoms with van der Waals surface area (Å²) >= 11 is 0. The van der Waals surface area contributed by atoms with Crippen LogP contribution < -0.4 is 0 Å². The van der Waals surface area contributed by atoms with E-state index in [0.717, 1.165) is 13.5 Å². The van der Waals surface area contributed by atoms with Crippen LogP contribution >= 0.6 is 0 Å². The van der Waals surface area contributed by atoms with E-state index in [4.69, 9.17) is 0 Å². The van der Waals surface area contributed by atoms with Crippen LogP contribution in [0.2, 0.25) is 0 Å². The first-order valence-electron chi connectivity index (χ1n) is 3.68. The van der Waals surface area contributed by atoms with Crippen LogP contribution in [0.1, 0.15) is 13.8 Å². The Hall–Kier alpha value is -0.980. The lowest BCUT2D eigenvalue weighted by Gasteiger charge is -2.14. The van der Waals surface area contributed by atoms with Crippen LogP contribution in [0.15, 0.2) is 0 Å². The first-order valence-corrected chi connectivity index (χ1v) is 3.68. The molecule has 0 aromatic rings. The molecule has 0 aliphatic carbocycles. The van der Waals surface area contributed by atoms with Crippen molar-refractivity contribution in [1.82, 2.24) is 0 Å². The fraction of sp³-hybridized carbons (Fsp3) is 0.714. The number of hydrogen-bond donors (Lipinski definition) is 0. The monoisotopic (exact) mass is 215 g/mol. The van der Waals surface area contributed by atoms with Crippen molar-refractivity contribution >= 4 is 6.16 Å². The fourth-order valence-electron chi connectivity index (χ4n) is 0.505. The van der Waals surface area contributed by atoms with E-state index in [2.05, 4.69) is 14.2 Å². The summed E-state index contributed by atoms with van der Waals surface area (Å²) in [5, 5.41) is 0. The van der Waals surface area contributed by atoms with Gasteiger partial charge in [-0.25, -0.2) is 4.79 Å². The Kier molecular flexibility index (Phi) is 5.29. The molecule has 0 saturated carbocycles. The van der Waals surface area contributed by atoms with Gasteiger partial charge >= 0.3 is 12.3 Å². The van der Waals surface area contributed by atoms with Gasteiger partial charge in [0.15, 0.2) is 0 Å². The average molecular weight is 215 g/mol. The molecule has 0 saturated heterocycles. The van der Waals surface area contributed by atoms with Crippen LogP contribution in [-0.2, 0) is 14.2 Å². The summed E-state index contributed by atoms with van der Waals surface area (Å²) in [6.45, 7) is 2.14. The second kappa shape index (κ2) is 5.69. The molecule has 1 atom stereocenters. The zero-order chi connectivity index (χ0) is 11.2. The number of hydrogen-bond acceptors (Lipinski definition) is 4. The molecule has 4 nitrogen and oxygen atoms in total. The van der Waals surface area contributed by atoms with Crippen molar-refractivity contribution < 1.29 is 32.2 Å². The SMILES string of the molecule is C[CH]OC(=O)OC(C)OCC(F)(F)F. The maximum atomic E-state index is 11.6. The highest BCUT2D eigenvalue weighted by Crippen LogP contribution is 2.15. The summed E-state index contributed by atoms with van der Waals surface area (Å²) in [5.41, 5.74) is 0. The predicted molar refractivity (Wildman–Crippen MR) is 39.0 cm³/mol. The summed E-state index contributed by atoms with van der Waals surface area (Å²) < 4.78 is 47.4. The van der Waals surface area contributed by atoms with Crippen molar-refractivity contribution in [2.24, 2.45) is 0 Å². The first kappa shape index (κ1) is 13.0. The second-order valence-electron chi connectivity index (χ2n) is 2.22. The molecule has 0 spiro atoms. The minimum absolute atomic E-state index is 1.04. The largest absolute Gasteiger partial charge is 0.510 e. The second-order valence-corrected chi connectivity index (χ2v) is 2.22. The van der Waals surface area contributed by atoms with E-state index in [0.29, 0.717) is 0 Å². The quantitative estimate of drug-likeness (QED) is 0.533. The molecule has 0 N–H and O–H groups in total. The Balaban J connectivity index is 3.65. The number of carbonyl (C=O) groups excluding carboxylic acids is 1. The Morgan fingerprint density at radius 2 is 2.07 bits per heavy atom. The fourth-order valence-corrected chi connectivity index (χ4v) is 0.505. The van der Waals surface area contributed by atoms with Gasteiger partial charge in [0.05, 0.1) is 0 Å². The van der Waals surface area contributed by atoms with Gasteiger partial charge in [0.25, 0.3) is 0 Å². The molecule has 0 heterocycles. The summed E-state index contributed by atoms with van der Waals surface area (Å²) in [5.74, 6) is 0. The lowest BCUT2D eigenvalue weighted by atomic mass is 10.7. The van der Waals surface area contributed by atoms with Gasteiger partial charge in [-0.1, -0.05) is 0 Å². The molecule has 0 rings (SSSR count). The smallest absolute Gasteiger partial charge is 0.427 e. The Morgan fingerprint density at radius 1 is 1.50 bits per heavy atom. The molecule has 0 aliphatic rings. The molecular formula is C7H10F3O4. The van der Waals surface area contributed by atoms with Gasteiger partial charge in [0.1, 0.15) is 13.2 Å². The molecule has 0 aromatic carbocycles. The van der Waals surface area contributed by atoms with E-state index in [-0.39, 0.29) is 0 Å². The third-order valence-corrected chi connectivity index (χ3v) is 0.958. The van der Waals surface area contributed by atoms with Crippen LogP contribution in [0, 0.1) is 6.61 Å².